The fraction of sp³-hybridized carbons (Fsp3) is 0.500. The number of carbonyl (C=O) groups is 2. The average molecular weight is 318 g/mol. The summed E-state index contributed by atoms with van der Waals surface area (Å²) in [5, 5.41) is 2.65. The largest absolute Gasteiger partial charge is 0.444 e. The number of hydrogen-bond acceptors (Lipinski definition) is 4. The van der Waals surface area contributed by atoms with Crippen LogP contribution in [-0.4, -0.2) is 22.5 Å². The molecule has 1 heterocycles. The summed E-state index contributed by atoms with van der Waals surface area (Å²) < 4.78 is 5.25. The highest BCUT2D eigenvalue weighted by Crippen LogP contribution is 2.21. The third-order valence-corrected chi connectivity index (χ3v) is 2.97. The number of aryl methyl sites for hydroxylation is 1. The molecular formula is C18H26N2O3. The molecule has 0 fully saturated rings. The Bertz CT molecular complexity index is 586. The number of pyridine rings is 1. The summed E-state index contributed by atoms with van der Waals surface area (Å²) in [6.07, 6.45) is 4.42. The zero-order valence-electron chi connectivity index (χ0n) is 14.6. The number of ketones is 1. The van der Waals surface area contributed by atoms with Gasteiger partial charge in [-0.2, -0.15) is 0 Å². The standard InChI is InChI=1S/C18H26N2O3/c1-7-8-9-13-10-14(20-17(22)23-18(4,5)6)15(19-11-13)16(21)12(2)3/h7,10-12H,1,8-9H2,2-6H3,(H,20,22). The Kier molecular flexibility index (Phi) is 6.49. The van der Waals surface area contributed by atoms with Crippen molar-refractivity contribution >= 4 is 17.6 Å². The zero-order chi connectivity index (χ0) is 17.6. The Morgan fingerprint density at radius 3 is 2.57 bits per heavy atom. The average Bonchev–Trinajstić information content (AvgIpc) is 2.42. The highest BCUT2D eigenvalue weighted by atomic mass is 16.6. The van der Waals surface area contributed by atoms with Crippen LogP contribution in [-0.2, 0) is 11.2 Å². The third kappa shape index (κ3) is 6.22. The van der Waals surface area contributed by atoms with E-state index in [0.717, 1.165) is 18.4 Å². The number of carbonyl (C=O) groups excluding carboxylic acids is 2. The van der Waals surface area contributed by atoms with Gasteiger partial charge in [0.2, 0.25) is 0 Å². The molecule has 0 aliphatic carbocycles. The molecule has 0 aliphatic heterocycles. The van der Waals surface area contributed by atoms with Crippen molar-refractivity contribution in [3.05, 3.63) is 36.2 Å². The van der Waals surface area contributed by atoms with E-state index in [2.05, 4.69) is 16.9 Å². The molecule has 0 spiro atoms. The van der Waals surface area contributed by atoms with Gasteiger partial charge >= 0.3 is 6.09 Å². The van der Waals surface area contributed by atoms with E-state index in [1.165, 1.54) is 0 Å². The predicted molar refractivity (Wildman–Crippen MR) is 91.8 cm³/mol. The summed E-state index contributed by atoms with van der Waals surface area (Å²) in [5.41, 5.74) is 0.962. The molecule has 0 radical (unpaired) electrons. The topological polar surface area (TPSA) is 68.3 Å². The molecule has 1 rings (SSSR count). The van der Waals surface area contributed by atoms with Gasteiger partial charge in [0.05, 0.1) is 5.69 Å². The van der Waals surface area contributed by atoms with Crippen molar-refractivity contribution in [3.63, 3.8) is 0 Å². The van der Waals surface area contributed by atoms with E-state index in [4.69, 9.17) is 4.74 Å². The Hall–Kier alpha value is -2.17. The third-order valence-electron chi connectivity index (χ3n) is 2.97. The number of anilines is 1. The summed E-state index contributed by atoms with van der Waals surface area (Å²) in [7, 11) is 0. The molecule has 0 bridgehead atoms. The quantitative estimate of drug-likeness (QED) is 0.624. The van der Waals surface area contributed by atoms with Crippen molar-refractivity contribution in [2.24, 2.45) is 5.92 Å². The van der Waals surface area contributed by atoms with Gasteiger partial charge in [0.25, 0.3) is 0 Å². The van der Waals surface area contributed by atoms with Gasteiger partial charge in [-0.15, -0.1) is 6.58 Å². The fourth-order valence-electron chi connectivity index (χ4n) is 1.89. The number of ether oxygens (including phenoxy) is 1. The van der Waals surface area contributed by atoms with Gasteiger partial charge in [-0.05, 0) is 45.2 Å². The first-order valence-corrected chi connectivity index (χ1v) is 7.78. The second-order valence-electron chi connectivity index (χ2n) is 6.71. The molecule has 0 atom stereocenters. The Labute approximate surface area is 138 Å². The van der Waals surface area contributed by atoms with Crippen molar-refractivity contribution in [1.82, 2.24) is 4.98 Å². The summed E-state index contributed by atoms with van der Waals surface area (Å²) >= 11 is 0. The molecule has 0 aliphatic rings. The van der Waals surface area contributed by atoms with E-state index in [0.29, 0.717) is 5.69 Å². The van der Waals surface area contributed by atoms with E-state index in [1.54, 1.807) is 46.9 Å². The van der Waals surface area contributed by atoms with Crippen LogP contribution in [0.2, 0.25) is 0 Å². The molecule has 0 aromatic carbocycles. The van der Waals surface area contributed by atoms with Gasteiger partial charge in [-0.25, -0.2) is 4.79 Å². The smallest absolute Gasteiger partial charge is 0.412 e. The fourth-order valence-corrected chi connectivity index (χ4v) is 1.89. The molecule has 1 aromatic heterocycles. The summed E-state index contributed by atoms with van der Waals surface area (Å²) in [5.74, 6) is -0.327. The minimum Gasteiger partial charge on any atom is -0.444 e. The number of amides is 1. The number of hydrogen-bond donors (Lipinski definition) is 1. The molecule has 23 heavy (non-hydrogen) atoms. The highest BCUT2D eigenvalue weighted by Gasteiger charge is 2.21. The first-order chi connectivity index (χ1) is 10.6. The number of allylic oxidation sites excluding steroid dienone is 1. The van der Waals surface area contributed by atoms with E-state index in [9.17, 15) is 9.59 Å². The number of nitrogens with zero attached hydrogens (tertiary/aromatic N) is 1. The molecule has 126 valence electrons. The zero-order valence-corrected chi connectivity index (χ0v) is 14.6. The molecule has 5 nitrogen and oxygen atoms in total. The molecule has 1 amide bonds. The van der Waals surface area contributed by atoms with Gasteiger partial charge in [-0.1, -0.05) is 19.9 Å². The van der Waals surface area contributed by atoms with Crippen LogP contribution < -0.4 is 5.32 Å². The summed E-state index contributed by atoms with van der Waals surface area (Å²) in [6.45, 7) is 12.6. The van der Waals surface area contributed by atoms with Crippen molar-refractivity contribution in [3.8, 4) is 0 Å². The molecule has 0 saturated heterocycles. The minimum absolute atomic E-state index is 0.119. The molecule has 1 aromatic rings. The van der Waals surface area contributed by atoms with Crippen LogP contribution >= 0.6 is 0 Å². The lowest BCUT2D eigenvalue weighted by molar-refractivity contribution is 0.0636. The van der Waals surface area contributed by atoms with Crippen LogP contribution in [0.5, 0.6) is 0 Å². The maximum absolute atomic E-state index is 12.3. The lowest BCUT2D eigenvalue weighted by Crippen LogP contribution is -2.28. The Morgan fingerprint density at radius 2 is 2.04 bits per heavy atom. The van der Waals surface area contributed by atoms with E-state index in [-0.39, 0.29) is 17.4 Å². The van der Waals surface area contributed by atoms with Crippen molar-refractivity contribution in [2.45, 2.75) is 53.1 Å². The number of Topliss-reactive ketones (excluding diaryl/α,β-unsaturated/α-hetero) is 1. The number of aromatic nitrogens is 1. The van der Waals surface area contributed by atoms with E-state index < -0.39 is 11.7 Å². The van der Waals surface area contributed by atoms with Gasteiger partial charge in [0.1, 0.15) is 11.3 Å². The lowest BCUT2D eigenvalue weighted by Gasteiger charge is -2.20. The molecular weight excluding hydrogens is 292 g/mol. The molecule has 5 heteroatoms. The molecule has 0 saturated carbocycles. The van der Waals surface area contributed by atoms with Gasteiger partial charge < -0.3 is 4.74 Å². The molecule has 1 N–H and O–H groups in total. The van der Waals surface area contributed by atoms with Crippen LogP contribution in [0.4, 0.5) is 10.5 Å². The summed E-state index contributed by atoms with van der Waals surface area (Å²) in [6, 6.07) is 1.77. The Morgan fingerprint density at radius 1 is 1.39 bits per heavy atom. The Balaban J connectivity index is 3.09. The van der Waals surface area contributed by atoms with Gasteiger partial charge in [0.15, 0.2) is 5.78 Å². The maximum Gasteiger partial charge on any atom is 0.412 e. The van der Waals surface area contributed by atoms with Crippen LogP contribution in [0.1, 0.15) is 57.1 Å². The van der Waals surface area contributed by atoms with E-state index >= 15 is 0 Å². The SMILES string of the molecule is C=CCCc1cnc(C(=O)C(C)C)c(NC(=O)OC(C)(C)C)c1. The highest BCUT2D eigenvalue weighted by molar-refractivity contribution is 6.03. The first-order valence-electron chi connectivity index (χ1n) is 7.78. The van der Waals surface area contributed by atoms with Crippen LogP contribution in [0.3, 0.4) is 0 Å². The van der Waals surface area contributed by atoms with Crippen LogP contribution in [0, 0.1) is 5.92 Å². The minimum atomic E-state index is -0.611. The normalized spacial score (nSPS) is 11.2. The monoisotopic (exact) mass is 318 g/mol. The molecule has 0 unspecified atom stereocenters. The first kappa shape index (κ1) is 18.9. The van der Waals surface area contributed by atoms with Crippen molar-refractivity contribution < 1.29 is 14.3 Å². The van der Waals surface area contributed by atoms with Crippen molar-refractivity contribution in [2.75, 3.05) is 5.32 Å². The second kappa shape index (κ2) is 7.90. The lowest BCUT2D eigenvalue weighted by atomic mass is 10.0. The van der Waals surface area contributed by atoms with Crippen molar-refractivity contribution in [1.29, 1.82) is 0 Å². The van der Waals surface area contributed by atoms with Gasteiger partial charge in [-0.3, -0.25) is 15.1 Å². The number of nitrogens with one attached hydrogen (secondary N) is 1. The van der Waals surface area contributed by atoms with Crippen LogP contribution in [0.25, 0.3) is 0 Å². The van der Waals surface area contributed by atoms with E-state index in [1.807, 2.05) is 6.08 Å². The predicted octanol–water partition coefficient (Wildman–Crippen LogP) is 4.39. The van der Waals surface area contributed by atoms with Gasteiger partial charge in [0, 0.05) is 12.1 Å². The number of rotatable bonds is 6. The second-order valence-corrected chi connectivity index (χ2v) is 6.71. The summed E-state index contributed by atoms with van der Waals surface area (Å²) in [4.78, 5) is 28.5. The van der Waals surface area contributed by atoms with Crippen LogP contribution in [0.15, 0.2) is 24.9 Å². The maximum atomic E-state index is 12.3.